The first-order chi connectivity index (χ1) is 6.47. The molecule has 0 saturated carbocycles. The maximum absolute atomic E-state index is 4.13. The van der Waals surface area contributed by atoms with Gasteiger partial charge in [0.15, 0.2) is 0 Å². The third-order valence-electron chi connectivity index (χ3n) is 2.33. The van der Waals surface area contributed by atoms with E-state index >= 15 is 0 Å². The SMILES string of the molecule is C1=CCC(c2cccnc2)NCC1. The van der Waals surface area contributed by atoms with E-state index in [9.17, 15) is 0 Å². The molecule has 0 fully saturated rings. The summed E-state index contributed by atoms with van der Waals surface area (Å²) in [4.78, 5) is 4.13. The second-order valence-corrected chi connectivity index (χ2v) is 3.29. The number of rotatable bonds is 1. The Labute approximate surface area is 78.7 Å². The van der Waals surface area contributed by atoms with Gasteiger partial charge in [0.25, 0.3) is 0 Å². The van der Waals surface area contributed by atoms with E-state index in [-0.39, 0.29) is 0 Å². The first kappa shape index (κ1) is 8.45. The summed E-state index contributed by atoms with van der Waals surface area (Å²) in [5.41, 5.74) is 1.29. The Hall–Kier alpha value is -1.15. The van der Waals surface area contributed by atoms with E-state index in [1.54, 1.807) is 0 Å². The summed E-state index contributed by atoms with van der Waals surface area (Å²) in [6, 6.07) is 4.57. The van der Waals surface area contributed by atoms with E-state index in [0.717, 1.165) is 19.4 Å². The van der Waals surface area contributed by atoms with Crippen LogP contribution in [0.2, 0.25) is 0 Å². The second kappa shape index (κ2) is 4.19. The predicted octanol–water partition coefficient (Wildman–Crippen LogP) is 2.06. The Bertz CT molecular complexity index is 279. The lowest BCUT2D eigenvalue weighted by Crippen LogP contribution is -2.20. The lowest BCUT2D eigenvalue weighted by molar-refractivity contribution is 0.556. The van der Waals surface area contributed by atoms with E-state index in [1.807, 2.05) is 18.5 Å². The average Bonchev–Trinajstić information content (AvgIpc) is 2.47. The first-order valence-corrected chi connectivity index (χ1v) is 4.75. The molecule has 0 aliphatic carbocycles. The molecule has 0 amide bonds. The molecule has 1 aliphatic rings. The highest BCUT2D eigenvalue weighted by atomic mass is 14.9. The van der Waals surface area contributed by atoms with Gasteiger partial charge in [-0.3, -0.25) is 4.98 Å². The number of nitrogens with zero attached hydrogens (tertiary/aromatic N) is 1. The summed E-state index contributed by atoms with van der Waals surface area (Å²) in [6.07, 6.45) is 10.5. The highest BCUT2D eigenvalue weighted by molar-refractivity contribution is 5.15. The van der Waals surface area contributed by atoms with Gasteiger partial charge in [-0.15, -0.1) is 0 Å². The zero-order valence-electron chi connectivity index (χ0n) is 7.61. The molecule has 1 aromatic rings. The summed E-state index contributed by atoms with van der Waals surface area (Å²) in [6.45, 7) is 1.07. The van der Waals surface area contributed by atoms with E-state index < -0.39 is 0 Å². The van der Waals surface area contributed by atoms with Gasteiger partial charge in [0.1, 0.15) is 0 Å². The van der Waals surface area contributed by atoms with Gasteiger partial charge in [0, 0.05) is 18.4 Å². The molecule has 2 nitrogen and oxygen atoms in total. The molecule has 1 aliphatic heterocycles. The monoisotopic (exact) mass is 174 g/mol. The zero-order chi connectivity index (χ0) is 8.93. The summed E-state index contributed by atoms with van der Waals surface area (Å²) < 4.78 is 0. The second-order valence-electron chi connectivity index (χ2n) is 3.29. The summed E-state index contributed by atoms with van der Waals surface area (Å²) in [5, 5.41) is 3.50. The van der Waals surface area contributed by atoms with Crippen molar-refractivity contribution in [3.05, 3.63) is 42.2 Å². The molecule has 13 heavy (non-hydrogen) atoms. The Morgan fingerprint density at radius 2 is 2.38 bits per heavy atom. The highest BCUT2D eigenvalue weighted by Crippen LogP contribution is 2.17. The van der Waals surface area contributed by atoms with Crippen LogP contribution in [0.4, 0.5) is 0 Å². The number of nitrogens with one attached hydrogen (secondary N) is 1. The van der Waals surface area contributed by atoms with Crippen molar-refractivity contribution in [2.75, 3.05) is 6.54 Å². The van der Waals surface area contributed by atoms with Gasteiger partial charge in [0.2, 0.25) is 0 Å². The zero-order valence-corrected chi connectivity index (χ0v) is 7.61. The molecule has 1 aromatic heterocycles. The number of aromatic nitrogens is 1. The molecule has 0 spiro atoms. The summed E-state index contributed by atoms with van der Waals surface area (Å²) >= 11 is 0. The number of hydrogen-bond donors (Lipinski definition) is 1. The van der Waals surface area contributed by atoms with Crippen molar-refractivity contribution < 1.29 is 0 Å². The molecule has 2 heterocycles. The number of pyridine rings is 1. The van der Waals surface area contributed by atoms with Crippen molar-refractivity contribution in [2.45, 2.75) is 18.9 Å². The molecule has 1 N–H and O–H groups in total. The summed E-state index contributed by atoms with van der Waals surface area (Å²) in [5.74, 6) is 0. The fraction of sp³-hybridized carbons (Fsp3) is 0.364. The van der Waals surface area contributed by atoms with Crippen LogP contribution in [0.3, 0.4) is 0 Å². The third kappa shape index (κ3) is 2.16. The summed E-state index contributed by atoms with van der Waals surface area (Å²) in [7, 11) is 0. The minimum absolute atomic E-state index is 0.451. The van der Waals surface area contributed by atoms with Crippen molar-refractivity contribution in [2.24, 2.45) is 0 Å². The standard InChI is InChI=1S/C11H14N2/c1-2-6-11(13-8-3-1)10-5-4-7-12-9-10/h1-2,4-5,7,9,11,13H,3,6,8H2. The molecule has 2 heteroatoms. The minimum atomic E-state index is 0.451. The van der Waals surface area contributed by atoms with Crippen molar-refractivity contribution in [3.63, 3.8) is 0 Å². The molecule has 0 aromatic carbocycles. The first-order valence-electron chi connectivity index (χ1n) is 4.75. The average molecular weight is 174 g/mol. The largest absolute Gasteiger partial charge is 0.309 e. The van der Waals surface area contributed by atoms with Gasteiger partial charge in [-0.25, -0.2) is 0 Å². The van der Waals surface area contributed by atoms with Crippen LogP contribution < -0.4 is 5.32 Å². The van der Waals surface area contributed by atoms with E-state index in [2.05, 4.69) is 28.5 Å². The van der Waals surface area contributed by atoms with Gasteiger partial charge >= 0.3 is 0 Å². The Morgan fingerprint density at radius 3 is 3.23 bits per heavy atom. The molecule has 0 bridgehead atoms. The van der Waals surface area contributed by atoms with Crippen LogP contribution in [0.15, 0.2) is 36.7 Å². The number of hydrogen-bond acceptors (Lipinski definition) is 2. The van der Waals surface area contributed by atoms with Crippen molar-refractivity contribution in [1.82, 2.24) is 10.3 Å². The van der Waals surface area contributed by atoms with Gasteiger partial charge in [-0.1, -0.05) is 18.2 Å². The molecule has 0 radical (unpaired) electrons. The topological polar surface area (TPSA) is 24.9 Å². The van der Waals surface area contributed by atoms with E-state index in [1.165, 1.54) is 5.56 Å². The van der Waals surface area contributed by atoms with Crippen LogP contribution in [0.25, 0.3) is 0 Å². The normalized spacial score (nSPS) is 22.6. The highest BCUT2D eigenvalue weighted by Gasteiger charge is 2.09. The maximum Gasteiger partial charge on any atom is 0.0370 e. The Kier molecular flexibility index (Phi) is 2.72. The molecular weight excluding hydrogens is 160 g/mol. The lowest BCUT2D eigenvalue weighted by atomic mass is 10.1. The Morgan fingerprint density at radius 1 is 1.38 bits per heavy atom. The molecule has 68 valence electrons. The van der Waals surface area contributed by atoms with Gasteiger partial charge in [0.05, 0.1) is 0 Å². The third-order valence-corrected chi connectivity index (χ3v) is 2.33. The minimum Gasteiger partial charge on any atom is -0.309 e. The Balaban J connectivity index is 2.12. The van der Waals surface area contributed by atoms with Crippen molar-refractivity contribution in [3.8, 4) is 0 Å². The van der Waals surface area contributed by atoms with E-state index in [4.69, 9.17) is 0 Å². The van der Waals surface area contributed by atoms with Crippen LogP contribution in [-0.4, -0.2) is 11.5 Å². The molecule has 1 atom stereocenters. The van der Waals surface area contributed by atoms with E-state index in [0.29, 0.717) is 6.04 Å². The molecule has 2 rings (SSSR count). The lowest BCUT2D eigenvalue weighted by Gasteiger charge is -2.14. The molecule has 1 unspecified atom stereocenters. The fourth-order valence-corrected chi connectivity index (χ4v) is 1.61. The molecular formula is C11H14N2. The van der Waals surface area contributed by atoms with Crippen LogP contribution in [0.1, 0.15) is 24.4 Å². The van der Waals surface area contributed by atoms with Crippen LogP contribution in [-0.2, 0) is 0 Å². The molecule has 0 saturated heterocycles. The fourth-order valence-electron chi connectivity index (χ4n) is 1.61. The van der Waals surface area contributed by atoms with Crippen LogP contribution in [0, 0.1) is 0 Å². The quantitative estimate of drug-likeness (QED) is 0.659. The van der Waals surface area contributed by atoms with Crippen molar-refractivity contribution in [1.29, 1.82) is 0 Å². The smallest absolute Gasteiger partial charge is 0.0370 e. The van der Waals surface area contributed by atoms with Gasteiger partial charge in [-0.05, 0) is 31.0 Å². The maximum atomic E-state index is 4.13. The predicted molar refractivity (Wildman–Crippen MR) is 53.4 cm³/mol. The van der Waals surface area contributed by atoms with Gasteiger partial charge in [-0.2, -0.15) is 0 Å². The van der Waals surface area contributed by atoms with Gasteiger partial charge < -0.3 is 5.32 Å². The van der Waals surface area contributed by atoms with Crippen LogP contribution >= 0.6 is 0 Å². The van der Waals surface area contributed by atoms with Crippen LogP contribution in [0.5, 0.6) is 0 Å². The van der Waals surface area contributed by atoms with Crippen molar-refractivity contribution >= 4 is 0 Å².